The average molecular weight is 174 g/mol. The third-order valence-electron chi connectivity index (χ3n) is 1.92. The number of pyridine rings is 1. The van der Waals surface area contributed by atoms with Gasteiger partial charge in [-0.25, -0.2) is 4.79 Å². The van der Waals surface area contributed by atoms with E-state index in [1.807, 2.05) is 40.9 Å². The molecule has 0 atom stereocenters. The standard InChI is InChI=1S/C10H8NO2/c12-8-13-7-10-4-1-3-9-5-2-6-11(9)10/h1-6H,7H2. The molecular weight excluding hydrogens is 166 g/mol. The van der Waals surface area contributed by atoms with Gasteiger partial charge >= 0.3 is 6.47 Å². The van der Waals surface area contributed by atoms with Gasteiger partial charge in [0.1, 0.15) is 6.61 Å². The molecule has 0 saturated heterocycles. The summed E-state index contributed by atoms with van der Waals surface area (Å²) in [5, 5.41) is 0. The van der Waals surface area contributed by atoms with Crippen molar-refractivity contribution in [1.82, 2.24) is 4.40 Å². The molecule has 2 heterocycles. The lowest BCUT2D eigenvalue weighted by atomic mass is 10.3. The zero-order valence-corrected chi connectivity index (χ0v) is 6.93. The second-order valence-electron chi connectivity index (χ2n) is 2.69. The van der Waals surface area contributed by atoms with Crippen LogP contribution in [0.3, 0.4) is 0 Å². The van der Waals surface area contributed by atoms with E-state index in [-0.39, 0.29) is 6.61 Å². The first-order chi connectivity index (χ1) is 6.42. The molecule has 0 aliphatic heterocycles. The van der Waals surface area contributed by atoms with Crippen LogP contribution < -0.4 is 0 Å². The highest BCUT2D eigenvalue weighted by molar-refractivity contribution is 5.48. The lowest BCUT2D eigenvalue weighted by molar-refractivity contribution is 0.262. The molecule has 13 heavy (non-hydrogen) atoms. The van der Waals surface area contributed by atoms with Crippen LogP contribution in [0, 0.1) is 0 Å². The van der Waals surface area contributed by atoms with Crippen LogP contribution in [-0.4, -0.2) is 10.9 Å². The van der Waals surface area contributed by atoms with Crippen molar-refractivity contribution in [2.75, 3.05) is 0 Å². The Morgan fingerprint density at radius 3 is 3.00 bits per heavy atom. The van der Waals surface area contributed by atoms with Crippen LogP contribution in [0.25, 0.3) is 5.52 Å². The van der Waals surface area contributed by atoms with E-state index in [2.05, 4.69) is 4.74 Å². The first kappa shape index (κ1) is 7.86. The molecule has 2 aromatic rings. The van der Waals surface area contributed by atoms with Gasteiger partial charge in [-0.3, -0.25) is 0 Å². The molecule has 0 aliphatic carbocycles. The predicted molar refractivity (Wildman–Crippen MR) is 47.9 cm³/mol. The molecule has 0 N–H and O–H groups in total. The predicted octanol–water partition coefficient (Wildman–Crippen LogP) is 1.52. The van der Waals surface area contributed by atoms with Crippen molar-refractivity contribution in [1.29, 1.82) is 0 Å². The summed E-state index contributed by atoms with van der Waals surface area (Å²) in [6.07, 6.45) is 1.93. The van der Waals surface area contributed by atoms with E-state index in [1.54, 1.807) is 0 Å². The van der Waals surface area contributed by atoms with Crippen molar-refractivity contribution < 1.29 is 9.53 Å². The smallest absolute Gasteiger partial charge is 0.417 e. The maximum Gasteiger partial charge on any atom is 0.417 e. The van der Waals surface area contributed by atoms with Gasteiger partial charge in [-0.1, -0.05) is 6.07 Å². The van der Waals surface area contributed by atoms with Crippen molar-refractivity contribution >= 4 is 12.0 Å². The van der Waals surface area contributed by atoms with Crippen LogP contribution >= 0.6 is 0 Å². The second-order valence-corrected chi connectivity index (χ2v) is 2.69. The third-order valence-corrected chi connectivity index (χ3v) is 1.92. The Morgan fingerprint density at radius 1 is 1.31 bits per heavy atom. The van der Waals surface area contributed by atoms with E-state index >= 15 is 0 Å². The molecule has 0 aliphatic rings. The fraction of sp³-hybridized carbons (Fsp3) is 0.100. The van der Waals surface area contributed by atoms with E-state index in [1.165, 1.54) is 6.47 Å². The molecule has 3 nitrogen and oxygen atoms in total. The number of nitrogens with zero attached hydrogens (tertiary/aromatic N) is 1. The van der Waals surface area contributed by atoms with Crippen LogP contribution in [0.4, 0.5) is 0 Å². The van der Waals surface area contributed by atoms with E-state index in [4.69, 9.17) is 0 Å². The first-order valence-electron chi connectivity index (χ1n) is 3.96. The minimum atomic E-state index is 0.259. The van der Waals surface area contributed by atoms with Gasteiger partial charge in [0.25, 0.3) is 0 Å². The number of ether oxygens (including phenoxy) is 1. The van der Waals surface area contributed by atoms with Crippen LogP contribution in [-0.2, 0) is 16.1 Å². The Bertz CT molecular complexity index is 420. The normalized spacial score (nSPS) is 10.2. The molecule has 0 saturated carbocycles. The maximum absolute atomic E-state index is 9.90. The highest BCUT2D eigenvalue weighted by Crippen LogP contribution is 2.08. The fourth-order valence-electron chi connectivity index (χ4n) is 1.35. The van der Waals surface area contributed by atoms with Gasteiger partial charge < -0.3 is 9.14 Å². The van der Waals surface area contributed by atoms with E-state index in [0.29, 0.717) is 0 Å². The average Bonchev–Trinajstić information content (AvgIpc) is 2.62. The Balaban J connectivity index is 2.42. The largest absolute Gasteiger partial charge is 0.451 e. The monoisotopic (exact) mass is 174 g/mol. The summed E-state index contributed by atoms with van der Waals surface area (Å²) >= 11 is 0. The molecule has 2 aromatic heterocycles. The Hall–Kier alpha value is -1.77. The Kier molecular flexibility index (Phi) is 2.00. The summed E-state index contributed by atoms with van der Waals surface area (Å²) in [4.78, 5) is 9.90. The van der Waals surface area contributed by atoms with Crippen molar-refractivity contribution in [3.05, 3.63) is 42.2 Å². The molecule has 65 valence electrons. The number of hydrogen-bond donors (Lipinski definition) is 0. The number of hydrogen-bond acceptors (Lipinski definition) is 2. The molecule has 2 rings (SSSR count). The molecule has 0 spiro atoms. The molecule has 1 radical (unpaired) electrons. The van der Waals surface area contributed by atoms with E-state index in [0.717, 1.165) is 11.2 Å². The molecule has 0 unspecified atom stereocenters. The van der Waals surface area contributed by atoms with Gasteiger partial charge in [-0.05, 0) is 24.3 Å². The quantitative estimate of drug-likeness (QED) is 0.706. The number of fused-ring (bicyclic) bond motifs is 1. The van der Waals surface area contributed by atoms with Crippen LogP contribution in [0.5, 0.6) is 0 Å². The summed E-state index contributed by atoms with van der Waals surface area (Å²) < 4.78 is 6.54. The maximum atomic E-state index is 9.90. The summed E-state index contributed by atoms with van der Waals surface area (Å²) in [6.45, 7) is 1.67. The highest BCUT2D eigenvalue weighted by atomic mass is 16.5. The molecule has 0 amide bonds. The first-order valence-corrected chi connectivity index (χ1v) is 3.96. The SMILES string of the molecule is O=[C]OCc1cccc2cccn12. The van der Waals surface area contributed by atoms with Crippen molar-refractivity contribution in [3.63, 3.8) is 0 Å². The summed E-state index contributed by atoms with van der Waals surface area (Å²) in [5.74, 6) is 0. The zero-order chi connectivity index (χ0) is 9.10. The Morgan fingerprint density at radius 2 is 2.15 bits per heavy atom. The van der Waals surface area contributed by atoms with Crippen molar-refractivity contribution in [3.8, 4) is 0 Å². The van der Waals surface area contributed by atoms with E-state index in [9.17, 15) is 4.79 Å². The lowest BCUT2D eigenvalue weighted by Crippen LogP contribution is -1.97. The van der Waals surface area contributed by atoms with Crippen molar-refractivity contribution in [2.45, 2.75) is 6.61 Å². The van der Waals surface area contributed by atoms with Crippen LogP contribution in [0.15, 0.2) is 36.5 Å². The molecule has 0 bridgehead atoms. The third kappa shape index (κ3) is 1.40. The minimum Gasteiger partial charge on any atom is -0.451 e. The van der Waals surface area contributed by atoms with Gasteiger partial charge in [0.15, 0.2) is 0 Å². The lowest BCUT2D eigenvalue weighted by Gasteiger charge is -2.03. The fourth-order valence-corrected chi connectivity index (χ4v) is 1.35. The second kappa shape index (κ2) is 3.31. The summed E-state index contributed by atoms with van der Waals surface area (Å²) in [7, 11) is 0. The van der Waals surface area contributed by atoms with Crippen LogP contribution in [0.2, 0.25) is 0 Å². The summed E-state index contributed by atoms with van der Waals surface area (Å²) in [6, 6.07) is 9.77. The van der Waals surface area contributed by atoms with Crippen LogP contribution in [0.1, 0.15) is 5.69 Å². The van der Waals surface area contributed by atoms with Gasteiger partial charge in [-0.15, -0.1) is 0 Å². The molecule has 0 aromatic carbocycles. The van der Waals surface area contributed by atoms with E-state index < -0.39 is 0 Å². The van der Waals surface area contributed by atoms with Gasteiger partial charge in [-0.2, -0.15) is 0 Å². The summed E-state index contributed by atoms with van der Waals surface area (Å²) in [5.41, 5.74) is 2.03. The van der Waals surface area contributed by atoms with Gasteiger partial charge in [0, 0.05) is 11.7 Å². The number of rotatable bonds is 3. The highest BCUT2D eigenvalue weighted by Gasteiger charge is 1.98. The van der Waals surface area contributed by atoms with Crippen molar-refractivity contribution in [2.24, 2.45) is 0 Å². The molecule has 3 heteroatoms. The Labute approximate surface area is 75.6 Å². The van der Waals surface area contributed by atoms with Gasteiger partial charge in [0.2, 0.25) is 0 Å². The zero-order valence-electron chi connectivity index (χ0n) is 6.93. The van der Waals surface area contributed by atoms with Gasteiger partial charge in [0.05, 0.1) is 5.69 Å². The topological polar surface area (TPSA) is 30.7 Å². The molecular formula is C10H8NO2. The number of carbonyl (C=O) groups excluding carboxylic acids is 1. The number of aromatic nitrogens is 1. The minimum absolute atomic E-state index is 0.259. The molecule has 0 fully saturated rings.